The van der Waals surface area contributed by atoms with Crippen LogP contribution in [0, 0.1) is 5.92 Å². The lowest BCUT2D eigenvalue weighted by Gasteiger charge is -2.25. The Balaban J connectivity index is 1.53. The van der Waals surface area contributed by atoms with Crippen molar-refractivity contribution in [2.45, 2.75) is 31.2 Å². The molecular formula is C22H24N2O6S. The second-order valence-electron chi connectivity index (χ2n) is 7.86. The van der Waals surface area contributed by atoms with Crippen molar-refractivity contribution in [1.29, 1.82) is 0 Å². The van der Waals surface area contributed by atoms with Crippen molar-refractivity contribution in [3.05, 3.63) is 53.6 Å². The summed E-state index contributed by atoms with van der Waals surface area (Å²) in [6.07, 6.45) is 0.787. The highest BCUT2D eigenvalue weighted by Crippen LogP contribution is 2.34. The van der Waals surface area contributed by atoms with Gasteiger partial charge in [-0.25, -0.2) is 12.7 Å². The smallest absolute Gasteiger partial charge is 0.269 e. The number of carbonyl (C=O) groups excluding carboxylic acids is 2. The van der Waals surface area contributed by atoms with Crippen LogP contribution >= 0.6 is 0 Å². The van der Waals surface area contributed by atoms with Gasteiger partial charge in [0, 0.05) is 6.42 Å². The second-order valence-corrected chi connectivity index (χ2v) is 9.69. The molecule has 0 aliphatic carbocycles. The van der Waals surface area contributed by atoms with Crippen LogP contribution in [-0.4, -0.2) is 44.3 Å². The first-order chi connectivity index (χ1) is 14.8. The van der Waals surface area contributed by atoms with Gasteiger partial charge in [0.05, 0.1) is 24.8 Å². The maximum absolute atomic E-state index is 12.8. The zero-order valence-electron chi connectivity index (χ0n) is 17.3. The van der Waals surface area contributed by atoms with Gasteiger partial charge >= 0.3 is 0 Å². The van der Waals surface area contributed by atoms with Gasteiger partial charge in [-0.2, -0.15) is 0 Å². The van der Waals surface area contributed by atoms with Crippen LogP contribution in [0.3, 0.4) is 0 Å². The lowest BCUT2D eigenvalue weighted by Crippen LogP contribution is -2.42. The maximum atomic E-state index is 12.8. The van der Waals surface area contributed by atoms with E-state index in [9.17, 15) is 18.0 Å². The summed E-state index contributed by atoms with van der Waals surface area (Å²) in [5, 5.41) is 2.87. The van der Waals surface area contributed by atoms with Crippen LogP contribution in [0.15, 0.2) is 47.4 Å². The average Bonchev–Trinajstić information content (AvgIpc) is 2.90. The molecule has 8 nitrogen and oxygen atoms in total. The van der Waals surface area contributed by atoms with E-state index < -0.39 is 34.4 Å². The Labute approximate surface area is 181 Å². The molecule has 0 aromatic heterocycles. The molecule has 1 atom stereocenters. The van der Waals surface area contributed by atoms with Gasteiger partial charge in [-0.1, -0.05) is 32.0 Å². The van der Waals surface area contributed by atoms with Crippen molar-refractivity contribution >= 4 is 21.8 Å². The number of hydrogen-bond donors (Lipinski definition) is 1. The monoisotopic (exact) mass is 444 g/mol. The van der Waals surface area contributed by atoms with Crippen molar-refractivity contribution in [2.24, 2.45) is 5.92 Å². The van der Waals surface area contributed by atoms with Crippen LogP contribution in [0.5, 0.6) is 11.5 Å². The third-order valence-corrected chi connectivity index (χ3v) is 7.10. The van der Waals surface area contributed by atoms with Crippen molar-refractivity contribution in [3.63, 3.8) is 0 Å². The minimum absolute atomic E-state index is 0.0109. The minimum Gasteiger partial charge on any atom is -0.490 e. The number of amides is 2. The number of ether oxygens (including phenoxy) is 2. The van der Waals surface area contributed by atoms with Gasteiger partial charge in [-0.15, -0.1) is 0 Å². The first-order valence-corrected chi connectivity index (χ1v) is 11.6. The van der Waals surface area contributed by atoms with E-state index in [4.69, 9.17) is 9.47 Å². The van der Waals surface area contributed by atoms with Crippen LogP contribution < -0.4 is 14.8 Å². The number of nitrogens with zero attached hydrogens (tertiary/aromatic N) is 1. The topological polar surface area (TPSA) is 102 Å². The largest absolute Gasteiger partial charge is 0.490 e. The summed E-state index contributed by atoms with van der Waals surface area (Å²) in [5.41, 5.74) is 0.894. The maximum Gasteiger partial charge on any atom is 0.269 e. The predicted molar refractivity (Wildman–Crippen MR) is 112 cm³/mol. The van der Waals surface area contributed by atoms with Crippen molar-refractivity contribution in [1.82, 2.24) is 9.62 Å². The lowest BCUT2D eigenvalue weighted by molar-refractivity contribution is -0.122. The van der Waals surface area contributed by atoms with Crippen LogP contribution in [0.2, 0.25) is 0 Å². The molecule has 0 fully saturated rings. The first kappa shape index (κ1) is 21.2. The number of hydrogen-bond acceptors (Lipinski definition) is 6. The molecule has 9 heteroatoms. The first-order valence-electron chi connectivity index (χ1n) is 10.1. The Morgan fingerprint density at radius 3 is 2.52 bits per heavy atom. The number of fused-ring (bicyclic) bond motifs is 2. The average molecular weight is 445 g/mol. The van der Waals surface area contributed by atoms with E-state index in [1.165, 1.54) is 12.1 Å². The Morgan fingerprint density at radius 2 is 1.81 bits per heavy atom. The van der Waals surface area contributed by atoms with E-state index >= 15 is 0 Å². The Kier molecular flexibility index (Phi) is 5.62. The van der Waals surface area contributed by atoms with Crippen molar-refractivity contribution < 1.29 is 27.5 Å². The van der Waals surface area contributed by atoms with Crippen LogP contribution in [0.1, 0.15) is 42.2 Å². The van der Waals surface area contributed by atoms with Crippen LogP contribution in [0.25, 0.3) is 0 Å². The molecule has 2 heterocycles. The molecule has 0 spiro atoms. The highest BCUT2D eigenvalue weighted by Gasteiger charge is 2.42. The normalized spacial score (nSPS) is 17.8. The highest BCUT2D eigenvalue weighted by atomic mass is 32.2. The molecule has 0 bridgehead atoms. The van der Waals surface area contributed by atoms with Gasteiger partial charge in [0.15, 0.2) is 11.5 Å². The van der Waals surface area contributed by atoms with E-state index in [1.807, 2.05) is 32.0 Å². The van der Waals surface area contributed by atoms with Gasteiger partial charge < -0.3 is 14.8 Å². The quantitative estimate of drug-likeness (QED) is 0.760. The number of benzene rings is 2. The van der Waals surface area contributed by atoms with Gasteiger partial charge in [-0.05, 0) is 35.7 Å². The van der Waals surface area contributed by atoms with Gasteiger partial charge in [-0.3, -0.25) is 9.59 Å². The van der Waals surface area contributed by atoms with E-state index in [-0.39, 0.29) is 16.4 Å². The molecule has 0 saturated heterocycles. The Hall–Kier alpha value is -3.07. The summed E-state index contributed by atoms with van der Waals surface area (Å²) in [6, 6.07) is 11.1. The summed E-state index contributed by atoms with van der Waals surface area (Å²) in [7, 11) is -4.04. The molecule has 164 valence electrons. The van der Waals surface area contributed by atoms with E-state index in [1.54, 1.807) is 12.1 Å². The molecule has 4 rings (SSSR count). The Morgan fingerprint density at radius 1 is 1.10 bits per heavy atom. The van der Waals surface area contributed by atoms with E-state index in [2.05, 4.69) is 5.32 Å². The van der Waals surface area contributed by atoms with E-state index in [0.29, 0.717) is 29.0 Å². The predicted octanol–water partition coefficient (Wildman–Crippen LogP) is 2.51. The number of rotatable bonds is 5. The summed E-state index contributed by atoms with van der Waals surface area (Å²) in [5.74, 6) is 0.0269. The fourth-order valence-corrected chi connectivity index (χ4v) is 5.27. The third-order valence-electron chi connectivity index (χ3n) is 5.31. The molecule has 0 radical (unpaired) electrons. The van der Waals surface area contributed by atoms with Crippen LogP contribution in [0.4, 0.5) is 0 Å². The molecule has 1 N–H and O–H groups in total. The molecular weight excluding hydrogens is 420 g/mol. The fourth-order valence-electron chi connectivity index (χ4n) is 3.75. The third kappa shape index (κ3) is 3.97. The van der Waals surface area contributed by atoms with Crippen molar-refractivity contribution in [2.75, 3.05) is 19.8 Å². The summed E-state index contributed by atoms with van der Waals surface area (Å²) in [6.45, 7) is 4.44. The van der Waals surface area contributed by atoms with Crippen LogP contribution in [-0.2, 0) is 14.8 Å². The molecule has 0 saturated carbocycles. The van der Waals surface area contributed by atoms with Crippen molar-refractivity contribution in [3.8, 4) is 11.5 Å². The number of sulfonamides is 1. The number of nitrogens with one attached hydrogen (secondary N) is 1. The summed E-state index contributed by atoms with van der Waals surface area (Å²) >= 11 is 0. The molecule has 2 aromatic carbocycles. The lowest BCUT2D eigenvalue weighted by atomic mass is 9.95. The van der Waals surface area contributed by atoms with E-state index in [0.717, 1.165) is 12.0 Å². The molecule has 0 unspecified atom stereocenters. The zero-order chi connectivity index (χ0) is 22.2. The minimum atomic E-state index is -4.04. The molecule has 31 heavy (non-hydrogen) atoms. The fraction of sp³-hybridized carbons (Fsp3) is 0.364. The molecule has 2 aromatic rings. The Bertz CT molecular complexity index is 1130. The molecule has 2 amide bonds. The SMILES string of the molecule is CC(C)[C@H](NC(=O)CN1C(=O)c2ccccc2S1(=O)=O)c1ccc2c(c1)OCCCO2. The summed E-state index contributed by atoms with van der Waals surface area (Å²) in [4.78, 5) is 25.3. The zero-order valence-corrected chi connectivity index (χ0v) is 18.1. The highest BCUT2D eigenvalue weighted by molar-refractivity contribution is 7.90. The second kappa shape index (κ2) is 8.22. The molecule has 2 aliphatic rings. The molecule has 2 aliphatic heterocycles. The van der Waals surface area contributed by atoms with Gasteiger partial charge in [0.2, 0.25) is 5.91 Å². The van der Waals surface area contributed by atoms with Gasteiger partial charge in [0.1, 0.15) is 11.4 Å². The standard InChI is InChI=1S/C22H24N2O6S/c1-14(2)21(15-8-9-17-18(12-15)30-11-5-10-29-17)23-20(25)13-24-22(26)16-6-3-4-7-19(16)31(24,27)28/h3-4,6-9,12,14,21H,5,10-11,13H2,1-2H3,(H,23,25)/t21-/m0/s1. The summed E-state index contributed by atoms with van der Waals surface area (Å²) < 4.78 is 37.4. The van der Waals surface area contributed by atoms with Gasteiger partial charge in [0.25, 0.3) is 15.9 Å². The number of carbonyl (C=O) groups is 2.